The van der Waals surface area contributed by atoms with E-state index in [-0.39, 0.29) is 5.82 Å². The first-order valence-electron chi connectivity index (χ1n) is 8.35. The minimum Gasteiger partial charge on any atom is -0.489 e. The Kier molecular flexibility index (Phi) is 4.72. The van der Waals surface area contributed by atoms with Gasteiger partial charge in [0.1, 0.15) is 18.2 Å². The lowest BCUT2D eigenvalue weighted by atomic mass is 10.0. The Morgan fingerprint density at radius 3 is 2.35 bits per heavy atom. The summed E-state index contributed by atoms with van der Waals surface area (Å²) in [4.78, 5) is 0. The molecular weight excluding hydrogens is 391 g/mol. The maximum Gasteiger partial charge on any atom is 0.134 e. The van der Waals surface area contributed by atoms with Gasteiger partial charge in [-0.25, -0.2) is 4.39 Å². The van der Waals surface area contributed by atoms with Crippen molar-refractivity contribution in [1.82, 2.24) is 0 Å². The van der Waals surface area contributed by atoms with Gasteiger partial charge in [-0.2, -0.15) is 0 Å². The lowest BCUT2D eigenvalue weighted by Gasteiger charge is -2.10. The second-order valence-corrected chi connectivity index (χ2v) is 7.04. The largest absolute Gasteiger partial charge is 0.489 e. The van der Waals surface area contributed by atoms with E-state index in [2.05, 4.69) is 22.0 Å². The van der Waals surface area contributed by atoms with Crippen LogP contribution in [0.3, 0.4) is 0 Å². The lowest BCUT2D eigenvalue weighted by molar-refractivity contribution is 0.304. The Balaban J connectivity index is 1.58. The summed E-state index contributed by atoms with van der Waals surface area (Å²) in [5.41, 5.74) is 2.48. The Labute approximate surface area is 160 Å². The molecule has 1 nitrogen and oxygen atoms in total. The first kappa shape index (κ1) is 16.8. The van der Waals surface area contributed by atoms with Crippen molar-refractivity contribution in [3.05, 3.63) is 101 Å². The van der Waals surface area contributed by atoms with Crippen LogP contribution < -0.4 is 4.74 Å². The van der Waals surface area contributed by atoms with Crippen molar-refractivity contribution in [2.24, 2.45) is 0 Å². The molecule has 0 fully saturated rings. The average Bonchev–Trinajstić information content (AvgIpc) is 2.67. The van der Waals surface area contributed by atoms with Gasteiger partial charge in [-0.05, 0) is 52.2 Å². The molecule has 0 aliphatic rings. The number of ether oxygens (including phenoxy) is 1. The molecule has 0 heterocycles. The summed E-state index contributed by atoms with van der Waals surface area (Å²) in [6.45, 7) is 0.421. The van der Waals surface area contributed by atoms with E-state index in [4.69, 9.17) is 4.74 Å². The van der Waals surface area contributed by atoms with Crippen molar-refractivity contribution in [1.29, 1.82) is 0 Å². The molecule has 4 rings (SSSR count). The van der Waals surface area contributed by atoms with E-state index in [0.29, 0.717) is 17.9 Å². The Hall–Kier alpha value is -2.65. The van der Waals surface area contributed by atoms with Gasteiger partial charge in [0.15, 0.2) is 0 Å². The molecular formula is C23H16BrFO. The van der Waals surface area contributed by atoms with Crippen LogP contribution in [0.25, 0.3) is 21.9 Å². The molecule has 3 heteroatoms. The van der Waals surface area contributed by atoms with Gasteiger partial charge in [0.2, 0.25) is 0 Å². The average molecular weight is 407 g/mol. The zero-order valence-electron chi connectivity index (χ0n) is 14.0. The van der Waals surface area contributed by atoms with Crippen LogP contribution in [0.1, 0.15) is 5.56 Å². The highest BCUT2D eigenvalue weighted by Crippen LogP contribution is 2.30. The maximum absolute atomic E-state index is 14.6. The standard InChI is InChI=1S/C23H16BrFO/c24-20-9-8-17-12-19(7-6-18(17)13-20)22-11-10-21(14-23(22)25)26-15-16-4-2-1-3-5-16/h1-14H,15H2. The second kappa shape index (κ2) is 7.30. The first-order chi connectivity index (χ1) is 12.7. The maximum atomic E-state index is 14.6. The predicted octanol–water partition coefficient (Wildman–Crippen LogP) is 6.99. The SMILES string of the molecule is Fc1cc(OCc2ccccc2)ccc1-c1ccc2cc(Br)ccc2c1. The van der Waals surface area contributed by atoms with Gasteiger partial charge in [0.05, 0.1) is 0 Å². The van der Waals surface area contributed by atoms with E-state index >= 15 is 0 Å². The monoisotopic (exact) mass is 406 g/mol. The fraction of sp³-hybridized carbons (Fsp3) is 0.0435. The predicted molar refractivity (Wildman–Crippen MR) is 108 cm³/mol. The van der Waals surface area contributed by atoms with Crippen LogP contribution in [0.15, 0.2) is 89.4 Å². The molecule has 4 aromatic carbocycles. The van der Waals surface area contributed by atoms with Crippen molar-refractivity contribution in [2.45, 2.75) is 6.61 Å². The third-order valence-electron chi connectivity index (χ3n) is 4.30. The molecule has 0 bridgehead atoms. The number of fused-ring (bicyclic) bond motifs is 1. The van der Waals surface area contributed by atoms with Crippen LogP contribution in [0.4, 0.5) is 4.39 Å². The Bertz CT molecular complexity index is 1060. The van der Waals surface area contributed by atoms with E-state index in [1.807, 2.05) is 66.7 Å². The van der Waals surface area contributed by atoms with Gasteiger partial charge < -0.3 is 4.74 Å². The summed E-state index contributed by atoms with van der Waals surface area (Å²) in [5.74, 6) is 0.242. The molecule has 26 heavy (non-hydrogen) atoms. The zero-order valence-corrected chi connectivity index (χ0v) is 15.5. The summed E-state index contributed by atoms with van der Waals surface area (Å²) in [6, 6.07) is 26.9. The van der Waals surface area contributed by atoms with Crippen LogP contribution >= 0.6 is 15.9 Å². The highest BCUT2D eigenvalue weighted by molar-refractivity contribution is 9.10. The molecule has 0 aromatic heterocycles. The molecule has 0 saturated heterocycles. The number of hydrogen-bond acceptors (Lipinski definition) is 1. The molecule has 0 unspecified atom stereocenters. The normalized spacial score (nSPS) is 10.8. The second-order valence-electron chi connectivity index (χ2n) is 6.12. The van der Waals surface area contributed by atoms with Crippen molar-refractivity contribution in [2.75, 3.05) is 0 Å². The van der Waals surface area contributed by atoms with Crippen molar-refractivity contribution in [3.63, 3.8) is 0 Å². The third kappa shape index (κ3) is 3.63. The fourth-order valence-corrected chi connectivity index (χ4v) is 3.32. The minimum absolute atomic E-state index is 0.285. The van der Waals surface area contributed by atoms with E-state index in [9.17, 15) is 4.39 Å². The van der Waals surface area contributed by atoms with Crippen LogP contribution in [-0.4, -0.2) is 0 Å². The number of benzene rings is 4. The van der Waals surface area contributed by atoms with Gasteiger partial charge in [0, 0.05) is 16.1 Å². The first-order valence-corrected chi connectivity index (χ1v) is 9.14. The van der Waals surface area contributed by atoms with Crippen molar-refractivity contribution >= 4 is 26.7 Å². The molecule has 0 atom stereocenters. The quantitative estimate of drug-likeness (QED) is 0.354. The number of hydrogen-bond donors (Lipinski definition) is 0. The summed E-state index contributed by atoms with van der Waals surface area (Å²) < 4.78 is 21.4. The highest BCUT2D eigenvalue weighted by Gasteiger charge is 2.08. The smallest absolute Gasteiger partial charge is 0.134 e. The summed E-state index contributed by atoms with van der Waals surface area (Å²) >= 11 is 3.47. The van der Waals surface area contributed by atoms with Gasteiger partial charge in [-0.1, -0.05) is 64.5 Å². The third-order valence-corrected chi connectivity index (χ3v) is 4.80. The van der Waals surface area contributed by atoms with Gasteiger partial charge in [-0.15, -0.1) is 0 Å². The van der Waals surface area contributed by atoms with E-state index < -0.39 is 0 Å². The molecule has 0 radical (unpaired) electrons. The lowest BCUT2D eigenvalue weighted by Crippen LogP contribution is -1.96. The van der Waals surface area contributed by atoms with Crippen molar-refractivity contribution in [3.8, 4) is 16.9 Å². The Morgan fingerprint density at radius 2 is 1.54 bits per heavy atom. The van der Waals surface area contributed by atoms with Gasteiger partial charge in [-0.3, -0.25) is 0 Å². The molecule has 0 aliphatic carbocycles. The minimum atomic E-state index is -0.285. The highest BCUT2D eigenvalue weighted by atomic mass is 79.9. The zero-order chi connectivity index (χ0) is 17.9. The van der Waals surface area contributed by atoms with E-state index in [1.54, 1.807) is 6.07 Å². The van der Waals surface area contributed by atoms with Gasteiger partial charge in [0.25, 0.3) is 0 Å². The summed E-state index contributed by atoms with van der Waals surface area (Å²) in [7, 11) is 0. The Morgan fingerprint density at radius 1 is 0.769 bits per heavy atom. The molecule has 0 aliphatic heterocycles. The molecule has 128 valence electrons. The van der Waals surface area contributed by atoms with Crippen LogP contribution in [-0.2, 0) is 6.61 Å². The van der Waals surface area contributed by atoms with Crippen molar-refractivity contribution < 1.29 is 9.13 Å². The van der Waals surface area contributed by atoms with Crippen LogP contribution in [0, 0.1) is 5.82 Å². The molecule has 4 aromatic rings. The number of rotatable bonds is 4. The fourth-order valence-electron chi connectivity index (χ4n) is 2.94. The van der Waals surface area contributed by atoms with E-state index in [0.717, 1.165) is 26.4 Å². The van der Waals surface area contributed by atoms with Crippen LogP contribution in [0.2, 0.25) is 0 Å². The molecule has 0 amide bonds. The summed E-state index contributed by atoms with van der Waals surface area (Å²) in [5, 5.41) is 2.20. The molecule has 0 saturated carbocycles. The van der Waals surface area contributed by atoms with Crippen LogP contribution in [0.5, 0.6) is 5.75 Å². The summed E-state index contributed by atoms with van der Waals surface area (Å²) in [6.07, 6.45) is 0. The number of halogens is 2. The molecule has 0 N–H and O–H groups in total. The topological polar surface area (TPSA) is 9.23 Å². The van der Waals surface area contributed by atoms with Gasteiger partial charge >= 0.3 is 0 Å². The van der Waals surface area contributed by atoms with E-state index in [1.165, 1.54) is 6.07 Å². The molecule has 0 spiro atoms.